The first-order valence-electron chi connectivity index (χ1n) is 11.2. The number of benzene rings is 1. The lowest BCUT2D eigenvalue weighted by atomic mass is 9.99. The van der Waals surface area contributed by atoms with Gasteiger partial charge in [-0.1, -0.05) is 12.5 Å². The second-order valence-corrected chi connectivity index (χ2v) is 11.8. The molecule has 0 bridgehead atoms. The molecule has 2 aromatic heterocycles. The molecule has 0 N–H and O–H groups in total. The zero-order valence-corrected chi connectivity index (χ0v) is 20.7. The number of hydrogen-bond donors (Lipinski definition) is 0. The van der Waals surface area contributed by atoms with Crippen LogP contribution in [0.15, 0.2) is 62.1 Å². The molecule has 0 atom stereocenters. The van der Waals surface area contributed by atoms with E-state index in [-0.39, 0.29) is 4.90 Å². The lowest BCUT2D eigenvalue weighted by Gasteiger charge is -2.26. The lowest BCUT2D eigenvalue weighted by Crippen LogP contribution is -2.40. The molecule has 1 aliphatic heterocycles. The Morgan fingerprint density at radius 2 is 1.70 bits per heavy atom. The molecule has 0 unspecified atom stereocenters. The quantitative estimate of drug-likeness (QED) is 0.507. The number of nitrogens with zero attached hydrogens (tertiary/aromatic N) is 4. The van der Waals surface area contributed by atoms with E-state index < -0.39 is 10.0 Å². The highest BCUT2D eigenvalue weighted by molar-refractivity contribution is 7.89. The highest BCUT2D eigenvalue weighted by atomic mass is 32.2. The van der Waals surface area contributed by atoms with Crippen LogP contribution < -0.4 is 4.80 Å². The van der Waals surface area contributed by atoms with Crippen molar-refractivity contribution in [1.29, 1.82) is 0 Å². The minimum Gasteiger partial charge on any atom is -0.379 e. The summed E-state index contributed by atoms with van der Waals surface area (Å²) in [5, 5.41) is 9.15. The van der Waals surface area contributed by atoms with Crippen LogP contribution in [0.1, 0.15) is 32.1 Å². The molecule has 0 amide bonds. The van der Waals surface area contributed by atoms with E-state index in [1.165, 1.54) is 29.3 Å². The van der Waals surface area contributed by atoms with Crippen molar-refractivity contribution in [2.75, 3.05) is 26.3 Å². The number of aromatic nitrogens is 1. The van der Waals surface area contributed by atoms with E-state index in [1.54, 1.807) is 46.9 Å². The van der Waals surface area contributed by atoms with E-state index >= 15 is 0 Å². The molecule has 1 saturated carbocycles. The van der Waals surface area contributed by atoms with Crippen molar-refractivity contribution in [3.8, 4) is 10.6 Å². The molecule has 3 heterocycles. The molecular formula is C23H26N4O3S3. The van der Waals surface area contributed by atoms with Gasteiger partial charge >= 0.3 is 0 Å². The molecule has 1 saturated heterocycles. The van der Waals surface area contributed by atoms with E-state index in [4.69, 9.17) is 14.8 Å². The molecule has 0 spiro atoms. The van der Waals surface area contributed by atoms with Gasteiger partial charge in [0, 0.05) is 24.2 Å². The normalized spacial score (nSPS) is 18.5. The molecular weight excluding hydrogens is 476 g/mol. The van der Waals surface area contributed by atoms with Crippen LogP contribution in [0.2, 0.25) is 0 Å². The second kappa shape index (κ2) is 10.0. The molecule has 1 aliphatic carbocycles. The summed E-state index contributed by atoms with van der Waals surface area (Å²) in [4.78, 5) is 7.04. The Hall–Kier alpha value is -2.11. The largest absolute Gasteiger partial charge is 0.379 e. The van der Waals surface area contributed by atoms with Crippen LogP contribution in [0.3, 0.4) is 0 Å². The van der Waals surface area contributed by atoms with Crippen molar-refractivity contribution in [3.05, 3.63) is 52.0 Å². The van der Waals surface area contributed by atoms with E-state index in [1.807, 2.05) is 10.7 Å². The number of thiazole rings is 1. The summed E-state index contributed by atoms with van der Waals surface area (Å²) in [6, 6.07) is 10.9. The van der Waals surface area contributed by atoms with Gasteiger partial charge < -0.3 is 4.74 Å². The molecule has 5 rings (SSSR count). The van der Waals surface area contributed by atoms with Crippen molar-refractivity contribution in [1.82, 2.24) is 8.98 Å². The van der Waals surface area contributed by atoms with Crippen molar-refractivity contribution < 1.29 is 13.2 Å². The Labute approximate surface area is 201 Å². The second-order valence-electron chi connectivity index (χ2n) is 8.04. The third-order valence-electron chi connectivity index (χ3n) is 5.80. The number of ether oxygens (including phenoxy) is 1. The van der Waals surface area contributed by atoms with Crippen LogP contribution in [0.5, 0.6) is 0 Å². The summed E-state index contributed by atoms with van der Waals surface area (Å²) in [5.74, 6) is 0. The third kappa shape index (κ3) is 5.04. The van der Waals surface area contributed by atoms with E-state index in [2.05, 4.69) is 16.8 Å². The Balaban J connectivity index is 1.49. The van der Waals surface area contributed by atoms with E-state index in [0.717, 1.165) is 28.2 Å². The first-order chi connectivity index (χ1) is 16.1. The molecule has 0 radical (unpaired) electrons. The molecule has 33 heavy (non-hydrogen) atoms. The monoisotopic (exact) mass is 502 g/mol. The van der Waals surface area contributed by atoms with E-state index in [0.29, 0.717) is 32.0 Å². The number of thiophene rings is 1. The fourth-order valence-corrected chi connectivity index (χ4v) is 7.06. The summed E-state index contributed by atoms with van der Waals surface area (Å²) in [6.07, 6.45) is 5.69. The first kappa shape index (κ1) is 22.7. The Kier molecular flexibility index (Phi) is 6.89. The fourth-order valence-electron chi connectivity index (χ4n) is 4.01. The predicted octanol–water partition coefficient (Wildman–Crippen LogP) is 4.70. The van der Waals surface area contributed by atoms with Gasteiger partial charge in [-0.15, -0.1) is 22.7 Å². The van der Waals surface area contributed by atoms with Gasteiger partial charge in [-0.3, -0.25) is 0 Å². The summed E-state index contributed by atoms with van der Waals surface area (Å²) in [5.41, 5.74) is 2.96. The van der Waals surface area contributed by atoms with Crippen LogP contribution in [0.25, 0.3) is 10.6 Å². The molecule has 1 aromatic carbocycles. The summed E-state index contributed by atoms with van der Waals surface area (Å²) in [6.45, 7) is 1.63. The molecule has 2 fully saturated rings. The zero-order valence-electron chi connectivity index (χ0n) is 18.2. The van der Waals surface area contributed by atoms with Crippen molar-refractivity contribution in [2.24, 2.45) is 10.1 Å². The van der Waals surface area contributed by atoms with Crippen molar-refractivity contribution in [3.63, 3.8) is 0 Å². The minimum atomic E-state index is -3.52. The fraction of sp³-hybridized carbons (Fsp3) is 0.391. The van der Waals surface area contributed by atoms with Crippen LogP contribution in [0.4, 0.5) is 5.69 Å². The zero-order chi connectivity index (χ0) is 22.7. The summed E-state index contributed by atoms with van der Waals surface area (Å²) in [7, 11) is -3.52. The maximum atomic E-state index is 12.9. The molecule has 3 aromatic rings. The first-order valence-corrected chi connectivity index (χ1v) is 14.3. The van der Waals surface area contributed by atoms with Crippen LogP contribution in [0, 0.1) is 0 Å². The van der Waals surface area contributed by atoms with Crippen LogP contribution in [-0.4, -0.2) is 49.4 Å². The summed E-state index contributed by atoms with van der Waals surface area (Å²) < 4.78 is 34.5. The maximum absolute atomic E-state index is 12.9. The predicted molar refractivity (Wildman–Crippen MR) is 133 cm³/mol. The lowest BCUT2D eigenvalue weighted by molar-refractivity contribution is 0.0730. The standard InChI is InChI=1S/C23H26N4O3S3/c28-33(29,26-12-14-30-15-13-26)20-10-8-18(9-11-20)24-23-27(25-19-5-2-1-3-6-19)21(17-32-23)22-7-4-16-31-22/h4,7-11,16-17H,1-3,5-6,12-15H2. The molecule has 174 valence electrons. The maximum Gasteiger partial charge on any atom is 0.243 e. The van der Waals surface area contributed by atoms with Gasteiger partial charge in [-0.05, 0) is 61.4 Å². The third-order valence-corrected chi connectivity index (χ3v) is 9.42. The Morgan fingerprint density at radius 3 is 2.39 bits per heavy atom. The SMILES string of the molecule is O=S(=O)(c1ccc(N=c2scc(-c3cccs3)n2N=C2CCCCC2)cc1)N1CCOCC1. The van der Waals surface area contributed by atoms with Gasteiger partial charge in [-0.25, -0.2) is 18.1 Å². The molecule has 2 aliphatic rings. The van der Waals surface area contributed by atoms with Gasteiger partial charge in [0.2, 0.25) is 14.8 Å². The number of sulfonamides is 1. The van der Waals surface area contributed by atoms with E-state index in [9.17, 15) is 8.42 Å². The van der Waals surface area contributed by atoms with Crippen molar-refractivity contribution >= 4 is 44.1 Å². The smallest absolute Gasteiger partial charge is 0.243 e. The van der Waals surface area contributed by atoms with Gasteiger partial charge in [0.25, 0.3) is 0 Å². The average molecular weight is 503 g/mol. The van der Waals surface area contributed by atoms with Gasteiger partial charge in [0.1, 0.15) is 0 Å². The molecule has 10 heteroatoms. The topological polar surface area (TPSA) is 76.3 Å². The summed E-state index contributed by atoms with van der Waals surface area (Å²) >= 11 is 3.23. The minimum absolute atomic E-state index is 0.282. The van der Waals surface area contributed by atoms with Gasteiger partial charge in [0.05, 0.1) is 34.4 Å². The Bertz CT molecular complexity index is 1280. The number of rotatable bonds is 5. The number of morpholine rings is 1. The average Bonchev–Trinajstić information content (AvgIpc) is 3.51. The van der Waals surface area contributed by atoms with Crippen LogP contribution >= 0.6 is 22.7 Å². The number of hydrogen-bond acceptors (Lipinski definition) is 7. The van der Waals surface area contributed by atoms with Crippen molar-refractivity contribution in [2.45, 2.75) is 37.0 Å². The van der Waals surface area contributed by atoms with Gasteiger partial charge in [-0.2, -0.15) is 9.41 Å². The van der Waals surface area contributed by atoms with Gasteiger partial charge in [0.15, 0.2) is 0 Å². The highest BCUT2D eigenvalue weighted by Gasteiger charge is 2.26. The highest BCUT2D eigenvalue weighted by Crippen LogP contribution is 2.27. The molecule has 7 nitrogen and oxygen atoms in total. The Morgan fingerprint density at radius 1 is 0.939 bits per heavy atom. The van der Waals surface area contributed by atoms with Crippen LogP contribution in [-0.2, 0) is 14.8 Å².